The molecule has 1 unspecified atom stereocenters. The first-order valence-corrected chi connectivity index (χ1v) is 13.3. The molecule has 1 heterocycles. The minimum Gasteiger partial charge on any atom is -0.332 e. The summed E-state index contributed by atoms with van der Waals surface area (Å²) in [4.78, 5) is 34.4. The predicted molar refractivity (Wildman–Crippen MR) is 143 cm³/mol. The van der Waals surface area contributed by atoms with Crippen LogP contribution in [0.2, 0.25) is 5.02 Å². The van der Waals surface area contributed by atoms with E-state index in [-0.39, 0.29) is 17.5 Å². The largest absolute Gasteiger partial charge is 0.332 e. The third-order valence-electron chi connectivity index (χ3n) is 7.07. The number of halogens is 1. The molecule has 1 aromatic heterocycles. The van der Waals surface area contributed by atoms with Gasteiger partial charge in [0.05, 0.1) is 22.6 Å². The number of fused-ring (bicyclic) bond motifs is 1. The molecule has 0 spiro atoms. The monoisotopic (exact) mass is 493 g/mol. The number of benzene rings is 2. The van der Waals surface area contributed by atoms with Gasteiger partial charge < -0.3 is 4.90 Å². The maximum absolute atomic E-state index is 13.8. The van der Waals surface area contributed by atoms with E-state index in [1.807, 2.05) is 35.2 Å². The van der Waals surface area contributed by atoms with E-state index in [0.717, 1.165) is 6.42 Å². The molecule has 0 aliphatic heterocycles. The Morgan fingerprint density at radius 1 is 1.11 bits per heavy atom. The third-order valence-corrected chi connectivity index (χ3v) is 7.32. The van der Waals surface area contributed by atoms with Crippen molar-refractivity contribution in [3.8, 4) is 5.69 Å². The number of hydrogen-bond acceptors (Lipinski definition) is 3. The molecule has 1 saturated carbocycles. The summed E-state index contributed by atoms with van der Waals surface area (Å²) < 4.78 is 1.67. The summed E-state index contributed by atoms with van der Waals surface area (Å²) in [7, 11) is 0. The Labute approximate surface area is 213 Å². The van der Waals surface area contributed by atoms with Gasteiger partial charge in [0.15, 0.2) is 0 Å². The van der Waals surface area contributed by atoms with Crippen LogP contribution in [0.25, 0.3) is 16.6 Å². The van der Waals surface area contributed by atoms with Crippen LogP contribution in [0.1, 0.15) is 77.6 Å². The van der Waals surface area contributed by atoms with E-state index in [4.69, 9.17) is 16.6 Å². The summed E-state index contributed by atoms with van der Waals surface area (Å²) in [5, 5.41) is 1.16. The molecule has 35 heavy (non-hydrogen) atoms. The van der Waals surface area contributed by atoms with Crippen molar-refractivity contribution in [1.29, 1.82) is 0 Å². The second-order valence-electron chi connectivity index (χ2n) is 10.2. The van der Waals surface area contributed by atoms with E-state index >= 15 is 0 Å². The second kappa shape index (κ2) is 11.4. The average molecular weight is 494 g/mol. The zero-order valence-electron chi connectivity index (χ0n) is 21.0. The van der Waals surface area contributed by atoms with Crippen molar-refractivity contribution in [3.63, 3.8) is 0 Å². The summed E-state index contributed by atoms with van der Waals surface area (Å²) >= 11 is 6.15. The maximum atomic E-state index is 13.8. The molecule has 0 saturated heterocycles. The Morgan fingerprint density at radius 3 is 2.46 bits per heavy atom. The topological polar surface area (TPSA) is 55.2 Å². The summed E-state index contributed by atoms with van der Waals surface area (Å²) in [5.74, 6) is 1.72. The Bertz CT molecular complexity index is 1210. The molecule has 1 aliphatic carbocycles. The van der Waals surface area contributed by atoms with Crippen LogP contribution >= 0.6 is 11.6 Å². The van der Waals surface area contributed by atoms with Crippen LogP contribution in [0, 0.1) is 11.8 Å². The van der Waals surface area contributed by atoms with Gasteiger partial charge in [-0.1, -0.05) is 70.2 Å². The summed E-state index contributed by atoms with van der Waals surface area (Å²) in [5.41, 5.74) is 1.22. The SMILES string of the molecule is CCC(c1nc2ccccc2c(=O)n1-c1ccc(Cl)cc1)N(CC(C)C)C(=O)CCC1CCCC1. The summed E-state index contributed by atoms with van der Waals surface area (Å²) in [6.45, 7) is 6.95. The van der Waals surface area contributed by atoms with Crippen LogP contribution in [0.4, 0.5) is 0 Å². The lowest BCUT2D eigenvalue weighted by Crippen LogP contribution is -2.40. The molecule has 1 aliphatic rings. The van der Waals surface area contributed by atoms with E-state index in [2.05, 4.69) is 20.8 Å². The molecule has 1 atom stereocenters. The number of aromatic nitrogens is 2. The molecular formula is C29H36ClN3O2. The van der Waals surface area contributed by atoms with Crippen molar-refractivity contribution in [1.82, 2.24) is 14.5 Å². The van der Waals surface area contributed by atoms with Crippen LogP contribution in [0.3, 0.4) is 0 Å². The number of amides is 1. The molecule has 0 bridgehead atoms. The quantitative estimate of drug-likeness (QED) is 0.324. The normalized spacial score (nSPS) is 15.1. The van der Waals surface area contributed by atoms with Gasteiger partial charge in [0.1, 0.15) is 5.82 Å². The molecule has 5 nitrogen and oxygen atoms in total. The molecule has 1 fully saturated rings. The fraction of sp³-hybridized carbons (Fsp3) is 0.483. The van der Waals surface area contributed by atoms with Gasteiger partial charge >= 0.3 is 0 Å². The predicted octanol–water partition coefficient (Wildman–Crippen LogP) is 6.95. The van der Waals surface area contributed by atoms with Gasteiger partial charge in [0.25, 0.3) is 5.56 Å². The molecule has 0 N–H and O–H groups in total. The third kappa shape index (κ3) is 5.78. The van der Waals surface area contributed by atoms with Crippen molar-refractivity contribution in [2.24, 2.45) is 11.8 Å². The van der Waals surface area contributed by atoms with Crippen LogP contribution < -0.4 is 5.56 Å². The van der Waals surface area contributed by atoms with Crippen LogP contribution in [0.15, 0.2) is 53.3 Å². The van der Waals surface area contributed by atoms with Crippen LogP contribution in [-0.2, 0) is 4.79 Å². The Morgan fingerprint density at radius 2 is 1.80 bits per heavy atom. The minimum absolute atomic E-state index is 0.130. The van der Waals surface area contributed by atoms with E-state index < -0.39 is 0 Å². The van der Waals surface area contributed by atoms with Crippen molar-refractivity contribution in [2.45, 2.75) is 71.8 Å². The van der Waals surface area contributed by atoms with Crippen molar-refractivity contribution in [2.75, 3.05) is 6.54 Å². The molecule has 186 valence electrons. The molecular weight excluding hydrogens is 458 g/mol. The zero-order valence-corrected chi connectivity index (χ0v) is 21.8. The second-order valence-corrected chi connectivity index (χ2v) is 10.6. The highest BCUT2D eigenvalue weighted by atomic mass is 35.5. The average Bonchev–Trinajstić information content (AvgIpc) is 3.37. The van der Waals surface area contributed by atoms with Gasteiger partial charge in [0.2, 0.25) is 5.91 Å². The Balaban J connectivity index is 1.80. The lowest BCUT2D eigenvalue weighted by atomic mass is 10.00. The van der Waals surface area contributed by atoms with Crippen LogP contribution in [-0.4, -0.2) is 26.9 Å². The van der Waals surface area contributed by atoms with Gasteiger partial charge in [-0.05, 0) is 61.1 Å². The van der Waals surface area contributed by atoms with Gasteiger partial charge in [-0.2, -0.15) is 0 Å². The minimum atomic E-state index is -0.304. The maximum Gasteiger partial charge on any atom is 0.266 e. The lowest BCUT2D eigenvalue weighted by Gasteiger charge is -2.34. The van der Waals surface area contributed by atoms with Gasteiger partial charge in [-0.15, -0.1) is 0 Å². The molecule has 6 heteroatoms. The molecule has 4 rings (SSSR count). The van der Waals surface area contributed by atoms with Crippen molar-refractivity contribution in [3.05, 3.63) is 69.7 Å². The number of nitrogens with zero attached hydrogens (tertiary/aromatic N) is 3. The Hall–Kier alpha value is -2.66. The summed E-state index contributed by atoms with van der Waals surface area (Å²) in [6.07, 6.45) is 7.18. The molecule has 1 amide bonds. The molecule has 0 radical (unpaired) electrons. The number of rotatable bonds is 9. The van der Waals surface area contributed by atoms with E-state index in [9.17, 15) is 9.59 Å². The van der Waals surface area contributed by atoms with Crippen molar-refractivity contribution < 1.29 is 4.79 Å². The lowest BCUT2D eigenvalue weighted by molar-refractivity contribution is -0.135. The Kier molecular flexibility index (Phi) is 8.27. The van der Waals surface area contributed by atoms with E-state index in [1.165, 1.54) is 25.7 Å². The molecule has 2 aromatic carbocycles. The first kappa shape index (κ1) is 25.4. The van der Waals surface area contributed by atoms with E-state index in [1.54, 1.807) is 22.8 Å². The highest BCUT2D eigenvalue weighted by Crippen LogP contribution is 2.31. The first-order chi connectivity index (χ1) is 16.9. The van der Waals surface area contributed by atoms with Crippen molar-refractivity contribution >= 4 is 28.4 Å². The highest BCUT2D eigenvalue weighted by molar-refractivity contribution is 6.30. The number of para-hydroxylation sites is 1. The van der Waals surface area contributed by atoms with E-state index in [0.29, 0.717) is 58.7 Å². The number of carbonyl (C=O) groups excluding carboxylic acids is 1. The van der Waals surface area contributed by atoms with Crippen LogP contribution in [0.5, 0.6) is 0 Å². The number of carbonyl (C=O) groups is 1. The van der Waals surface area contributed by atoms with Gasteiger partial charge in [-0.3, -0.25) is 14.2 Å². The summed E-state index contributed by atoms with van der Waals surface area (Å²) in [6, 6.07) is 14.4. The van der Waals surface area contributed by atoms with Gasteiger partial charge in [0, 0.05) is 18.0 Å². The smallest absolute Gasteiger partial charge is 0.266 e. The highest BCUT2D eigenvalue weighted by Gasteiger charge is 2.30. The molecule has 3 aromatic rings. The fourth-order valence-corrected chi connectivity index (χ4v) is 5.45. The zero-order chi connectivity index (χ0) is 24.9. The first-order valence-electron chi connectivity index (χ1n) is 13.0. The standard InChI is InChI=1S/C29H36ClN3O2/c1-4-26(32(19-20(2)3)27(34)18-13-21-9-5-6-10-21)28-31-25-12-8-7-11-24(25)29(35)33(28)23-16-14-22(30)15-17-23/h7-8,11-12,14-17,20-21,26H,4-6,9-10,13,18-19H2,1-3H3. The van der Waals surface area contributed by atoms with Gasteiger partial charge in [-0.25, -0.2) is 4.98 Å². The fourth-order valence-electron chi connectivity index (χ4n) is 5.32. The number of hydrogen-bond donors (Lipinski definition) is 0.